The number of unbranched alkanes of at least 4 members (excludes halogenated alkanes) is 2. The number of hydrogen-bond donors (Lipinski definition) is 0. The third-order valence-electron chi connectivity index (χ3n) is 1.69. The second kappa shape index (κ2) is 4.89. The Hall–Kier alpha value is -0.850. The fourth-order valence-electron chi connectivity index (χ4n) is 1.05. The summed E-state index contributed by atoms with van der Waals surface area (Å²) < 4.78 is 0. The van der Waals surface area contributed by atoms with Crippen LogP contribution < -0.4 is 0 Å². The SMILES string of the molecule is [CH2]CCCCc1cccnc1. The fourth-order valence-corrected chi connectivity index (χ4v) is 1.05. The summed E-state index contributed by atoms with van der Waals surface area (Å²) in [6.07, 6.45) is 8.38. The Morgan fingerprint density at radius 2 is 2.27 bits per heavy atom. The molecule has 0 saturated carbocycles. The number of aryl methyl sites for hydroxylation is 1. The van der Waals surface area contributed by atoms with Gasteiger partial charge in [0.25, 0.3) is 0 Å². The Bertz CT molecular complexity index is 181. The monoisotopic (exact) mass is 148 g/mol. The highest BCUT2D eigenvalue weighted by molar-refractivity contribution is 5.08. The van der Waals surface area contributed by atoms with E-state index in [-0.39, 0.29) is 0 Å². The van der Waals surface area contributed by atoms with Gasteiger partial charge in [-0.1, -0.05) is 25.8 Å². The molecule has 0 aromatic carbocycles. The molecular formula is C10H14N. The van der Waals surface area contributed by atoms with E-state index in [1.54, 1.807) is 0 Å². The summed E-state index contributed by atoms with van der Waals surface area (Å²) in [6, 6.07) is 4.11. The van der Waals surface area contributed by atoms with Crippen molar-refractivity contribution in [3.8, 4) is 0 Å². The molecule has 0 spiro atoms. The molecule has 1 aromatic rings. The minimum atomic E-state index is 1.04. The predicted molar refractivity (Wildman–Crippen MR) is 47.1 cm³/mol. The zero-order valence-corrected chi connectivity index (χ0v) is 6.79. The second-order valence-corrected chi connectivity index (χ2v) is 2.67. The maximum atomic E-state index is 4.05. The van der Waals surface area contributed by atoms with Crippen molar-refractivity contribution in [3.05, 3.63) is 37.0 Å². The minimum absolute atomic E-state index is 1.04. The number of nitrogens with zero attached hydrogens (tertiary/aromatic N) is 1. The molecule has 0 aliphatic carbocycles. The van der Waals surface area contributed by atoms with Crippen molar-refractivity contribution in [3.63, 3.8) is 0 Å². The number of rotatable bonds is 4. The summed E-state index contributed by atoms with van der Waals surface area (Å²) in [5, 5.41) is 0. The van der Waals surface area contributed by atoms with E-state index in [0.717, 1.165) is 12.8 Å². The highest BCUT2D eigenvalue weighted by Crippen LogP contribution is 2.03. The number of aromatic nitrogens is 1. The van der Waals surface area contributed by atoms with Gasteiger partial charge in [0.1, 0.15) is 0 Å². The van der Waals surface area contributed by atoms with E-state index in [1.807, 2.05) is 18.5 Å². The first-order valence-electron chi connectivity index (χ1n) is 4.11. The van der Waals surface area contributed by atoms with Crippen molar-refractivity contribution in [2.75, 3.05) is 0 Å². The highest BCUT2D eigenvalue weighted by Gasteiger charge is 1.90. The van der Waals surface area contributed by atoms with Gasteiger partial charge in [-0.2, -0.15) is 0 Å². The molecular weight excluding hydrogens is 134 g/mol. The van der Waals surface area contributed by atoms with Crippen LogP contribution in [-0.4, -0.2) is 4.98 Å². The lowest BCUT2D eigenvalue weighted by Gasteiger charge is -1.97. The summed E-state index contributed by atoms with van der Waals surface area (Å²) in [7, 11) is 0. The Morgan fingerprint density at radius 3 is 2.91 bits per heavy atom. The minimum Gasteiger partial charge on any atom is -0.264 e. The van der Waals surface area contributed by atoms with Crippen molar-refractivity contribution in [2.24, 2.45) is 0 Å². The molecule has 1 heterocycles. The average Bonchev–Trinajstić information content (AvgIpc) is 2.07. The van der Waals surface area contributed by atoms with E-state index < -0.39 is 0 Å². The first-order valence-corrected chi connectivity index (χ1v) is 4.11. The predicted octanol–water partition coefficient (Wildman–Crippen LogP) is 2.63. The second-order valence-electron chi connectivity index (χ2n) is 2.67. The van der Waals surface area contributed by atoms with E-state index in [4.69, 9.17) is 0 Å². The maximum Gasteiger partial charge on any atom is 0.0299 e. The first kappa shape index (κ1) is 8.25. The van der Waals surface area contributed by atoms with Gasteiger partial charge in [-0.3, -0.25) is 4.98 Å². The summed E-state index contributed by atoms with van der Waals surface area (Å²) in [5.41, 5.74) is 1.33. The van der Waals surface area contributed by atoms with Gasteiger partial charge in [-0.15, -0.1) is 0 Å². The van der Waals surface area contributed by atoms with E-state index in [1.165, 1.54) is 18.4 Å². The summed E-state index contributed by atoms with van der Waals surface area (Å²) >= 11 is 0. The fraction of sp³-hybridized carbons (Fsp3) is 0.400. The Kier molecular flexibility index (Phi) is 3.67. The molecule has 0 bridgehead atoms. The van der Waals surface area contributed by atoms with E-state index in [9.17, 15) is 0 Å². The van der Waals surface area contributed by atoms with Crippen LogP contribution in [0.4, 0.5) is 0 Å². The standard InChI is InChI=1S/C10H14N/c1-2-3-4-6-10-7-5-8-11-9-10/h5,7-9H,1-4,6H2. The molecule has 0 unspecified atom stereocenters. The third-order valence-corrected chi connectivity index (χ3v) is 1.69. The molecule has 0 N–H and O–H groups in total. The quantitative estimate of drug-likeness (QED) is 0.598. The van der Waals surface area contributed by atoms with Gasteiger partial charge in [0.2, 0.25) is 0 Å². The number of pyridine rings is 1. The molecule has 0 amide bonds. The zero-order valence-electron chi connectivity index (χ0n) is 6.79. The maximum absolute atomic E-state index is 4.05. The molecule has 11 heavy (non-hydrogen) atoms. The largest absolute Gasteiger partial charge is 0.264 e. The number of hydrogen-bond acceptors (Lipinski definition) is 1. The van der Waals surface area contributed by atoms with Crippen molar-refractivity contribution in [2.45, 2.75) is 25.7 Å². The van der Waals surface area contributed by atoms with Crippen LogP contribution in [-0.2, 0) is 6.42 Å². The molecule has 1 heteroatoms. The van der Waals surface area contributed by atoms with Crippen LogP contribution in [0.25, 0.3) is 0 Å². The van der Waals surface area contributed by atoms with Gasteiger partial charge in [0, 0.05) is 12.4 Å². The molecule has 0 saturated heterocycles. The summed E-state index contributed by atoms with van der Waals surface area (Å²) in [6.45, 7) is 3.80. The lowest BCUT2D eigenvalue weighted by molar-refractivity contribution is 0.744. The average molecular weight is 148 g/mol. The van der Waals surface area contributed by atoms with Crippen molar-refractivity contribution in [1.29, 1.82) is 0 Å². The van der Waals surface area contributed by atoms with Gasteiger partial charge < -0.3 is 0 Å². The van der Waals surface area contributed by atoms with Gasteiger partial charge >= 0.3 is 0 Å². The van der Waals surface area contributed by atoms with E-state index in [2.05, 4.69) is 18.0 Å². The Morgan fingerprint density at radius 1 is 1.36 bits per heavy atom. The molecule has 1 aromatic heterocycles. The van der Waals surface area contributed by atoms with Crippen LogP contribution >= 0.6 is 0 Å². The molecule has 0 fully saturated rings. The van der Waals surface area contributed by atoms with Crippen LogP contribution in [0.1, 0.15) is 24.8 Å². The van der Waals surface area contributed by atoms with Crippen molar-refractivity contribution >= 4 is 0 Å². The van der Waals surface area contributed by atoms with E-state index >= 15 is 0 Å². The zero-order chi connectivity index (χ0) is 7.94. The molecule has 1 radical (unpaired) electrons. The molecule has 0 atom stereocenters. The van der Waals surface area contributed by atoms with Gasteiger partial charge in [-0.25, -0.2) is 0 Å². The van der Waals surface area contributed by atoms with Crippen LogP contribution in [0, 0.1) is 6.92 Å². The van der Waals surface area contributed by atoms with Crippen LogP contribution in [0.5, 0.6) is 0 Å². The Balaban J connectivity index is 2.28. The van der Waals surface area contributed by atoms with Crippen LogP contribution in [0.3, 0.4) is 0 Å². The normalized spacial score (nSPS) is 9.91. The van der Waals surface area contributed by atoms with Gasteiger partial charge in [-0.05, 0) is 24.5 Å². The Labute approximate surface area is 68.5 Å². The van der Waals surface area contributed by atoms with E-state index in [0.29, 0.717) is 0 Å². The van der Waals surface area contributed by atoms with Crippen LogP contribution in [0.2, 0.25) is 0 Å². The van der Waals surface area contributed by atoms with Crippen molar-refractivity contribution in [1.82, 2.24) is 4.98 Å². The lowest BCUT2D eigenvalue weighted by atomic mass is 10.1. The molecule has 1 rings (SSSR count). The molecule has 1 nitrogen and oxygen atoms in total. The highest BCUT2D eigenvalue weighted by atomic mass is 14.6. The van der Waals surface area contributed by atoms with Gasteiger partial charge in [0.15, 0.2) is 0 Å². The molecule has 0 aliphatic heterocycles. The first-order chi connectivity index (χ1) is 5.43. The summed E-state index contributed by atoms with van der Waals surface area (Å²) in [4.78, 5) is 4.05. The van der Waals surface area contributed by atoms with Crippen molar-refractivity contribution < 1.29 is 0 Å². The lowest BCUT2D eigenvalue weighted by Crippen LogP contribution is -1.85. The topological polar surface area (TPSA) is 12.9 Å². The smallest absolute Gasteiger partial charge is 0.0299 e. The third kappa shape index (κ3) is 3.17. The van der Waals surface area contributed by atoms with Crippen LogP contribution in [0.15, 0.2) is 24.5 Å². The molecule has 0 aliphatic rings. The van der Waals surface area contributed by atoms with Gasteiger partial charge in [0.05, 0.1) is 0 Å². The molecule has 59 valence electrons. The summed E-state index contributed by atoms with van der Waals surface area (Å²) in [5.74, 6) is 0.